The van der Waals surface area contributed by atoms with Gasteiger partial charge >= 0.3 is 0 Å². The van der Waals surface area contributed by atoms with Crippen molar-refractivity contribution < 1.29 is 51.9 Å². The van der Waals surface area contributed by atoms with Gasteiger partial charge < -0.3 is 9.97 Å². The second kappa shape index (κ2) is 17.1. The van der Waals surface area contributed by atoms with Crippen LogP contribution in [0.25, 0.3) is 90.9 Å². The van der Waals surface area contributed by atoms with Gasteiger partial charge in [-0.2, -0.15) is 33.7 Å². The largest absolute Gasteiger partial charge is 0.354 e. The number of aromatic amines is 2. The molecule has 0 aliphatic carbocycles. The first kappa shape index (κ1) is 47.4. The standard InChI is InChI=1S/C44H26Cl4N4O12S4/c45-41-21(5-1-9-33(41)65(53,54)55)37-25-13-15-27(49-25)38(22-6-2-10-34(42(22)46)66(56,57)58)29-17-19-31(51-29)40(24-8-4-12-36(44(24)48)68(62,63)64)32-20-18-30(52-32)39(28-16-14-26(37)50-28)23-7-3-11-35(43(23)47)67(59,60)61/h1-20,49,52H,(H,53,54,55)(H,56,57,58)(H,59,60,61)(H,62,63,64). The Hall–Kier alpha value is -5.72. The van der Waals surface area contributed by atoms with Crippen LogP contribution in [0.4, 0.5) is 0 Å². The molecule has 0 saturated carbocycles. The first-order valence-electron chi connectivity index (χ1n) is 19.1. The monoisotopic (exact) mass is 1070 g/mol. The minimum atomic E-state index is -4.90. The summed E-state index contributed by atoms with van der Waals surface area (Å²) >= 11 is 27.2. The number of H-pyrrole nitrogens is 2. The molecule has 68 heavy (non-hydrogen) atoms. The van der Waals surface area contributed by atoms with Crippen LogP contribution in [0.5, 0.6) is 0 Å². The molecular formula is C44H26Cl4N4O12S4. The van der Waals surface area contributed by atoms with E-state index in [1.165, 1.54) is 72.8 Å². The lowest BCUT2D eigenvalue weighted by atomic mass is 10.0. The van der Waals surface area contributed by atoms with Gasteiger partial charge in [0.05, 0.1) is 42.9 Å². The van der Waals surface area contributed by atoms with Crippen molar-refractivity contribution in [2.24, 2.45) is 0 Å². The first-order chi connectivity index (χ1) is 31.9. The van der Waals surface area contributed by atoms with Crippen molar-refractivity contribution in [2.45, 2.75) is 19.6 Å². The summed E-state index contributed by atoms with van der Waals surface area (Å²) in [5.74, 6) is 0. The third-order valence-corrected chi connectivity index (χ3v) is 16.5. The average molecular weight is 1070 g/mol. The Morgan fingerprint density at radius 2 is 0.544 bits per heavy atom. The molecule has 16 nitrogen and oxygen atoms in total. The van der Waals surface area contributed by atoms with Crippen molar-refractivity contribution in [2.75, 3.05) is 0 Å². The van der Waals surface area contributed by atoms with Gasteiger partial charge in [0, 0.05) is 66.6 Å². The molecule has 8 bridgehead atoms. The molecule has 0 unspecified atom stereocenters. The molecule has 346 valence electrons. The molecule has 0 radical (unpaired) electrons. The summed E-state index contributed by atoms with van der Waals surface area (Å²) in [5.41, 5.74) is 2.02. The van der Waals surface area contributed by atoms with Gasteiger partial charge in [0.25, 0.3) is 40.5 Å². The lowest BCUT2D eigenvalue weighted by molar-refractivity contribution is 0.481. The molecule has 0 spiro atoms. The van der Waals surface area contributed by atoms with Crippen LogP contribution in [0.15, 0.2) is 117 Å². The lowest BCUT2D eigenvalue weighted by Crippen LogP contribution is -2.01. The van der Waals surface area contributed by atoms with Crippen LogP contribution >= 0.6 is 46.4 Å². The maximum Gasteiger partial charge on any atom is 0.296 e. The Balaban J connectivity index is 1.54. The number of halogens is 4. The van der Waals surface area contributed by atoms with E-state index in [0.29, 0.717) is 0 Å². The van der Waals surface area contributed by atoms with Crippen molar-refractivity contribution >= 4 is 133 Å². The van der Waals surface area contributed by atoms with Gasteiger partial charge in [0.15, 0.2) is 0 Å². The van der Waals surface area contributed by atoms with Crippen LogP contribution in [0.1, 0.15) is 22.8 Å². The lowest BCUT2D eigenvalue weighted by Gasteiger charge is -2.11. The number of rotatable bonds is 8. The number of nitrogens with zero attached hydrogens (tertiary/aromatic N) is 2. The van der Waals surface area contributed by atoms with Crippen molar-refractivity contribution in [3.05, 3.63) is 140 Å². The number of hydrogen-bond acceptors (Lipinski definition) is 10. The van der Waals surface area contributed by atoms with Crippen molar-refractivity contribution in [1.29, 1.82) is 0 Å². The summed E-state index contributed by atoms with van der Waals surface area (Å²) in [6.07, 6.45) is 6.13. The van der Waals surface area contributed by atoms with Crippen LogP contribution in [0.2, 0.25) is 20.1 Å². The van der Waals surface area contributed by atoms with Crippen molar-refractivity contribution in [3.8, 4) is 44.5 Å². The predicted octanol–water partition coefficient (Wildman–Crippen LogP) is 10.9. The zero-order valence-electron chi connectivity index (χ0n) is 33.6. The fourth-order valence-electron chi connectivity index (χ4n) is 7.95. The van der Waals surface area contributed by atoms with Gasteiger partial charge in [-0.3, -0.25) is 18.2 Å². The highest BCUT2D eigenvalue weighted by molar-refractivity contribution is 7.86. The summed E-state index contributed by atoms with van der Waals surface area (Å²) in [5, 5.41) is -1.62. The quantitative estimate of drug-likeness (QED) is 0.0773. The minimum absolute atomic E-state index is 0.0426. The van der Waals surface area contributed by atoms with Crippen LogP contribution in [0, 0.1) is 0 Å². The van der Waals surface area contributed by atoms with Gasteiger partial charge in [-0.15, -0.1) is 0 Å². The summed E-state index contributed by atoms with van der Waals surface area (Å²) in [4.78, 5) is 13.9. The maximum absolute atomic E-state index is 12.6. The predicted molar refractivity (Wildman–Crippen MR) is 260 cm³/mol. The Labute approximate surface area is 406 Å². The molecule has 2 aliphatic rings. The summed E-state index contributed by atoms with van der Waals surface area (Å²) < 4.78 is 141. The van der Waals surface area contributed by atoms with E-state index >= 15 is 0 Å². The molecule has 7 aromatic rings. The zero-order valence-corrected chi connectivity index (χ0v) is 39.9. The number of benzene rings is 4. The average Bonchev–Trinajstić information content (AvgIpc) is 4.09. The Morgan fingerprint density at radius 3 is 0.735 bits per heavy atom. The normalized spacial score (nSPS) is 13.1. The van der Waals surface area contributed by atoms with E-state index in [0.717, 1.165) is 24.3 Å². The molecule has 5 heterocycles. The highest BCUT2D eigenvalue weighted by Crippen LogP contribution is 2.45. The number of aromatic nitrogens is 4. The Morgan fingerprint density at radius 1 is 0.338 bits per heavy atom. The fourth-order valence-corrected chi connectivity index (χ4v) is 12.4. The Bertz CT molecular complexity index is 3580. The van der Waals surface area contributed by atoms with E-state index < -0.39 is 80.1 Å². The van der Waals surface area contributed by atoms with Gasteiger partial charge in [0.1, 0.15) is 19.6 Å². The molecule has 0 fully saturated rings. The van der Waals surface area contributed by atoms with Gasteiger partial charge in [0.2, 0.25) is 0 Å². The van der Waals surface area contributed by atoms with Gasteiger partial charge in [-0.25, -0.2) is 9.97 Å². The molecule has 2 aliphatic heterocycles. The molecule has 24 heteroatoms. The third kappa shape index (κ3) is 8.46. The smallest absolute Gasteiger partial charge is 0.296 e. The first-order valence-corrected chi connectivity index (χ1v) is 26.4. The summed E-state index contributed by atoms with van der Waals surface area (Å²) in [6.45, 7) is 0. The van der Waals surface area contributed by atoms with Gasteiger partial charge in [-0.05, 0) is 72.8 Å². The fraction of sp³-hybridized carbons (Fsp3) is 0. The molecule has 4 aromatic carbocycles. The highest BCUT2D eigenvalue weighted by atomic mass is 35.5. The molecule has 3 aromatic heterocycles. The van der Waals surface area contributed by atoms with E-state index in [-0.39, 0.29) is 89.4 Å². The molecule has 0 saturated heterocycles. The molecule has 0 atom stereocenters. The summed E-state index contributed by atoms with van der Waals surface area (Å²) in [7, 11) is -19.6. The van der Waals surface area contributed by atoms with Crippen molar-refractivity contribution in [1.82, 2.24) is 19.9 Å². The van der Waals surface area contributed by atoms with E-state index in [4.69, 9.17) is 56.4 Å². The van der Waals surface area contributed by atoms with E-state index in [1.54, 1.807) is 24.3 Å². The van der Waals surface area contributed by atoms with Crippen LogP contribution in [0.3, 0.4) is 0 Å². The third-order valence-electron chi connectivity index (χ3n) is 10.8. The number of fused-ring (bicyclic) bond motifs is 8. The minimum Gasteiger partial charge on any atom is -0.354 e. The topological polar surface area (TPSA) is 275 Å². The zero-order chi connectivity index (χ0) is 48.8. The van der Waals surface area contributed by atoms with Gasteiger partial charge in [-0.1, -0.05) is 94.9 Å². The van der Waals surface area contributed by atoms with Crippen molar-refractivity contribution in [3.63, 3.8) is 0 Å². The second-order valence-electron chi connectivity index (χ2n) is 14.9. The molecular weight excluding hydrogens is 1050 g/mol. The molecule has 0 amide bonds. The second-order valence-corrected chi connectivity index (χ2v) is 21.9. The molecule has 6 N–H and O–H groups in total. The summed E-state index contributed by atoms with van der Waals surface area (Å²) in [6, 6.07) is 21.8. The Kier molecular flexibility index (Phi) is 11.9. The van der Waals surface area contributed by atoms with Crippen LogP contribution in [-0.2, 0) is 40.5 Å². The van der Waals surface area contributed by atoms with E-state index in [2.05, 4.69) is 9.97 Å². The van der Waals surface area contributed by atoms with Crippen LogP contribution < -0.4 is 0 Å². The van der Waals surface area contributed by atoms with E-state index in [1.807, 2.05) is 0 Å². The van der Waals surface area contributed by atoms with E-state index in [9.17, 15) is 51.9 Å². The maximum atomic E-state index is 12.6. The highest BCUT2D eigenvalue weighted by Gasteiger charge is 2.27. The van der Waals surface area contributed by atoms with Crippen LogP contribution in [-0.4, -0.2) is 71.8 Å². The number of nitrogens with one attached hydrogen (secondary N) is 2. The number of hydrogen-bond donors (Lipinski definition) is 6. The SMILES string of the molecule is O=S(=O)(O)c1cccc(-c2c3nc(c(-c4cccc(S(=O)(=O)O)c4Cl)c4ccc([nH]4)c(-c4cccc(S(=O)(=O)O)c4Cl)c4nc(c(-c5cccc(S(=O)(=O)O)c5Cl)c5ccc2[nH]5)C=C4)C=C3)c1Cl. The molecule has 9 rings (SSSR count).